The third-order valence-electron chi connectivity index (χ3n) is 1.91. The molecule has 0 aliphatic heterocycles. The highest BCUT2D eigenvalue weighted by Gasteiger charge is 2.07. The molecule has 0 fully saturated rings. The van der Waals surface area contributed by atoms with Crippen LogP contribution in [0.25, 0.3) is 0 Å². The number of benzene rings is 1. The molecule has 0 spiro atoms. The molecule has 1 amide bonds. The third kappa shape index (κ3) is 3.21. The minimum absolute atomic E-state index is 0.0280. The number of nitrogens with two attached hydrogens (primary N) is 1. The van der Waals surface area contributed by atoms with E-state index in [-0.39, 0.29) is 12.5 Å². The fourth-order valence-corrected chi connectivity index (χ4v) is 1.66. The number of ether oxygens (including phenoxy) is 1. The van der Waals surface area contributed by atoms with Crippen molar-refractivity contribution in [2.45, 2.75) is 6.92 Å². The van der Waals surface area contributed by atoms with Crippen LogP contribution in [-0.2, 0) is 9.53 Å². The molecule has 1 rings (SSSR count). The van der Waals surface area contributed by atoms with Gasteiger partial charge in [-0.2, -0.15) is 0 Å². The van der Waals surface area contributed by atoms with Gasteiger partial charge in [0.1, 0.15) is 6.61 Å². The van der Waals surface area contributed by atoms with Crippen LogP contribution in [0.2, 0.25) is 0 Å². The predicted octanol–water partition coefficient (Wildman–Crippen LogP) is 1.92. The van der Waals surface area contributed by atoms with Gasteiger partial charge in [-0.15, -0.1) is 0 Å². The van der Waals surface area contributed by atoms with Crippen LogP contribution in [0.1, 0.15) is 5.56 Å². The third-order valence-corrected chi connectivity index (χ3v) is 2.56. The van der Waals surface area contributed by atoms with Gasteiger partial charge in [0.15, 0.2) is 0 Å². The standard InChI is InChI=1S/C10H13BrN2O2/c1-6-3-7(11)9(4-8(6)12)13-10(14)5-15-2/h3-4H,5,12H2,1-2H3,(H,13,14). The van der Waals surface area contributed by atoms with Gasteiger partial charge in [0.05, 0.1) is 5.69 Å². The van der Waals surface area contributed by atoms with Crippen molar-refractivity contribution in [3.8, 4) is 0 Å². The summed E-state index contributed by atoms with van der Waals surface area (Å²) < 4.78 is 5.52. The van der Waals surface area contributed by atoms with Crippen LogP contribution in [-0.4, -0.2) is 19.6 Å². The van der Waals surface area contributed by atoms with Crippen LogP contribution in [0.15, 0.2) is 16.6 Å². The summed E-state index contributed by atoms with van der Waals surface area (Å²) in [5.74, 6) is -0.207. The van der Waals surface area contributed by atoms with Crippen molar-refractivity contribution in [2.24, 2.45) is 0 Å². The molecule has 4 nitrogen and oxygen atoms in total. The molecule has 0 heterocycles. The second kappa shape index (κ2) is 5.14. The van der Waals surface area contributed by atoms with E-state index in [1.54, 1.807) is 6.07 Å². The number of hydrogen-bond acceptors (Lipinski definition) is 3. The van der Waals surface area contributed by atoms with Gasteiger partial charge < -0.3 is 15.8 Å². The summed E-state index contributed by atoms with van der Waals surface area (Å²) in [6.07, 6.45) is 0. The largest absolute Gasteiger partial charge is 0.398 e. The maximum absolute atomic E-state index is 11.3. The quantitative estimate of drug-likeness (QED) is 0.827. The van der Waals surface area contributed by atoms with E-state index >= 15 is 0 Å². The molecular formula is C10H13BrN2O2. The van der Waals surface area contributed by atoms with Crippen LogP contribution in [0, 0.1) is 6.92 Å². The summed E-state index contributed by atoms with van der Waals surface area (Å²) in [5, 5.41) is 2.69. The SMILES string of the molecule is COCC(=O)Nc1cc(N)c(C)cc1Br. The van der Waals surface area contributed by atoms with E-state index in [0.29, 0.717) is 11.4 Å². The maximum atomic E-state index is 11.3. The zero-order valence-electron chi connectivity index (χ0n) is 8.63. The van der Waals surface area contributed by atoms with Gasteiger partial charge in [0.2, 0.25) is 5.91 Å². The molecule has 15 heavy (non-hydrogen) atoms. The summed E-state index contributed by atoms with van der Waals surface area (Å²) in [4.78, 5) is 11.3. The van der Waals surface area contributed by atoms with E-state index in [2.05, 4.69) is 21.2 Å². The molecule has 0 bridgehead atoms. The lowest BCUT2D eigenvalue weighted by atomic mass is 10.2. The lowest BCUT2D eigenvalue weighted by Gasteiger charge is -2.09. The van der Waals surface area contributed by atoms with Crippen molar-refractivity contribution in [3.63, 3.8) is 0 Å². The molecule has 0 saturated heterocycles. The van der Waals surface area contributed by atoms with E-state index in [0.717, 1.165) is 10.0 Å². The van der Waals surface area contributed by atoms with Crippen molar-refractivity contribution in [2.75, 3.05) is 24.8 Å². The fraction of sp³-hybridized carbons (Fsp3) is 0.300. The zero-order valence-corrected chi connectivity index (χ0v) is 10.2. The first kappa shape index (κ1) is 12.0. The number of amides is 1. The number of carbonyl (C=O) groups excluding carboxylic acids is 1. The lowest BCUT2D eigenvalue weighted by Crippen LogP contribution is -2.17. The van der Waals surface area contributed by atoms with Crippen molar-refractivity contribution < 1.29 is 9.53 Å². The topological polar surface area (TPSA) is 64.3 Å². The summed E-state index contributed by atoms with van der Waals surface area (Å²) in [5.41, 5.74) is 8.00. The van der Waals surface area contributed by atoms with Gasteiger partial charge in [-0.3, -0.25) is 4.79 Å². The van der Waals surface area contributed by atoms with Gasteiger partial charge in [0.25, 0.3) is 0 Å². The molecule has 0 aliphatic carbocycles. The predicted molar refractivity (Wildman–Crippen MR) is 63.8 cm³/mol. The van der Waals surface area contributed by atoms with E-state index in [4.69, 9.17) is 10.5 Å². The first-order valence-corrected chi connectivity index (χ1v) is 5.18. The Hall–Kier alpha value is -1.07. The number of halogens is 1. The van der Waals surface area contributed by atoms with Crippen LogP contribution >= 0.6 is 15.9 Å². The van der Waals surface area contributed by atoms with Gasteiger partial charge in [-0.25, -0.2) is 0 Å². The first-order chi connectivity index (χ1) is 7.04. The van der Waals surface area contributed by atoms with Crippen molar-refractivity contribution in [1.82, 2.24) is 0 Å². The Morgan fingerprint density at radius 3 is 2.87 bits per heavy atom. The van der Waals surface area contributed by atoms with Crippen molar-refractivity contribution in [3.05, 3.63) is 22.2 Å². The van der Waals surface area contributed by atoms with Crippen LogP contribution < -0.4 is 11.1 Å². The second-order valence-corrected chi connectivity index (χ2v) is 4.02. The van der Waals surface area contributed by atoms with Crippen LogP contribution in [0.5, 0.6) is 0 Å². The molecule has 3 N–H and O–H groups in total. The molecule has 82 valence electrons. The van der Waals surface area contributed by atoms with Gasteiger partial charge >= 0.3 is 0 Å². The molecule has 1 aromatic carbocycles. The highest BCUT2D eigenvalue weighted by atomic mass is 79.9. The van der Waals surface area contributed by atoms with E-state index in [9.17, 15) is 4.79 Å². The smallest absolute Gasteiger partial charge is 0.250 e. The number of aryl methyl sites for hydroxylation is 1. The molecular weight excluding hydrogens is 260 g/mol. The number of nitrogens with one attached hydrogen (secondary N) is 1. The maximum Gasteiger partial charge on any atom is 0.250 e. The van der Waals surface area contributed by atoms with E-state index < -0.39 is 0 Å². The van der Waals surface area contributed by atoms with E-state index in [1.807, 2.05) is 13.0 Å². The minimum Gasteiger partial charge on any atom is -0.398 e. The Kier molecular flexibility index (Phi) is 4.11. The average Bonchev–Trinajstić information content (AvgIpc) is 2.14. The highest BCUT2D eigenvalue weighted by Crippen LogP contribution is 2.27. The Bertz CT molecular complexity index is 380. The average molecular weight is 273 g/mol. The fourth-order valence-electron chi connectivity index (χ4n) is 1.10. The zero-order chi connectivity index (χ0) is 11.4. The highest BCUT2D eigenvalue weighted by molar-refractivity contribution is 9.10. The summed E-state index contributed by atoms with van der Waals surface area (Å²) >= 11 is 3.35. The number of anilines is 2. The summed E-state index contributed by atoms with van der Waals surface area (Å²) in [6, 6.07) is 3.57. The molecule has 0 atom stereocenters. The molecule has 0 aliphatic rings. The molecule has 5 heteroatoms. The Labute approximate surface area is 96.9 Å². The molecule has 0 unspecified atom stereocenters. The van der Waals surface area contributed by atoms with Crippen LogP contribution in [0.4, 0.5) is 11.4 Å². The normalized spacial score (nSPS) is 10.1. The van der Waals surface area contributed by atoms with E-state index in [1.165, 1.54) is 7.11 Å². The monoisotopic (exact) mass is 272 g/mol. The Morgan fingerprint density at radius 1 is 1.60 bits per heavy atom. The van der Waals surface area contributed by atoms with Gasteiger partial charge in [0, 0.05) is 17.3 Å². The molecule has 1 aromatic rings. The number of rotatable bonds is 3. The molecule has 0 aromatic heterocycles. The molecule has 0 saturated carbocycles. The number of hydrogen-bond donors (Lipinski definition) is 2. The van der Waals surface area contributed by atoms with Gasteiger partial charge in [-0.05, 0) is 40.5 Å². The lowest BCUT2D eigenvalue weighted by molar-refractivity contribution is -0.119. The Morgan fingerprint density at radius 2 is 2.27 bits per heavy atom. The summed E-state index contributed by atoms with van der Waals surface area (Å²) in [6.45, 7) is 1.93. The number of carbonyl (C=O) groups is 1. The number of nitrogen functional groups attached to an aromatic ring is 1. The summed E-state index contributed by atoms with van der Waals surface area (Å²) in [7, 11) is 1.47. The first-order valence-electron chi connectivity index (χ1n) is 4.39. The van der Waals surface area contributed by atoms with Crippen molar-refractivity contribution in [1.29, 1.82) is 0 Å². The van der Waals surface area contributed by atoms with Gasteiger partial charge in [-0.1, -0.05) is 0 Å². The number of methoxy groups -OCH3 is 1. The minimum atomic E-state index is -0.207. The second-order valence-electron chi connectivity index (χ2n) is 3.17. The van der Waals surface area contributed by atoms with Crippen molar-refractivity contribution >= 4 is 33.2 Å². The van der Waals surface area contributed by atoms with Crippen LogP contribution in [0.3, 0.4) is 0 Å². The molecule has 0 radical (unpaired) electrons. The Balaban J connectivity index is 2.86.